The van der Waals surface area contributed by atoms with Crippen molar-refractivity contribution in [3.8, 4) is 5.69 Å². The minimum Gasteiger partial charge on any atom is -0.383 e. The number of piperazine rings is 1. The van der Waals surface area contributed by atoms with Gasteiger partial charge < -0.3 is 15.5 Å². The number of nitrogens with zero attached hydrogens (tertiary/aromatic N) is 5. The summed E-state index contributed by atoms with van der Waals surface area (Å²) in [5.74, 6) is -1.64. The molecular formula is C19H19F2N7O2. The highest BCUT2D eigenvalue weighted by atomic mass is 19.1. The zero-order valence-corrected chi connectivity index (χ0v) is 16.1. The molecule has 1 saturated heterocycles. The minimum absolute atomic E-state index is 0.135. The number of aromatic amines is 1. The summed E-state index contributed by atoms with van der Waals surface area (Å²) >= 11 is 0. The molecule has 3 aromatic rings. The van der Waals surface area contributed by atoms with E-state index in [4.69, 9.17) is 5.73 Å². The van der Waals surface area contributed by atoms with Gasteiger partial charge in [0.05, 0.1) is 11.9 Å². The highest BCUT2D eigenvalue weighted by Crippen LogP contribution is 2.22. The highest BCUT2D eigenvalue weighted by molar-refractivity contribution is 5.94. The average Bonchev–Trinajstić information content (AvgIpc) is 3.08. The Bertz CT molecular complexity index is 1150. The number of nitrogens with one attached hydrogen (secondary N) is 1. The topological polar surface area (TPSA) is 113 Å². The van der Waals surface area contributed by atoms with Crippen molar-refractivity contribution in [1.82, 2.24) is 24.6 Å². The van der Waals surface area contributed by atoms with E-state index in [9.17, 15) is 18.4 Å². The fourth-order valence-electron chi connectivity index (χ4n) is 3.45. The van der Waals surface area contributed by atoms with Gasteiger partial charge in [-0.15, -0.1) is 0 Å². The van der Waals surface area contributed by atoms with Crippen LogP contribution >= 0.6 is 0 Å². The lowest BCUT2D eigenvalue weighted by Gasteiger charge is -2.35. The fraction of sp³-hybridized carbons (Fsp3) is 0.263. The number of nitrogen functional groups attached to an aromatic ring is 1. The maximum Gasteiger partial charge on any atom is 0.346 e. The molecule has 3 heterocycles. The smallest absolute Gasteiger partial charge is 0.346 e. The zero-order valence-electron chi connectivity index (χ0n) is 16.1. The van der Waals surface area contributed by atoms with Crippen molar-refractivity contribution in [2.45, 2.75) is 6.92 Å². The first-order valence-electron chi connectivity index (χ1n) is 9.25. The molecule has 1 amide bonds. The standard InChI is InChI=1S/C19H19F2N7O2/c1-11-10-28(16-12(20)3-2-4-13(16)21)25-15(11)18(29)27-7-5-26(6-8-27)14-9-23-19(30)24-17(14)22/h2-4,9-10H,5-8H2,1H3,(H3,22,23,24,30). The second-order valence-electron chi connectivity index (χ2n) is 6.94. The molecule has 0 saturated carbocycles. The highest BCUT2D eigenvalue weighted by Gasteiger charge is 2.27. The third-order valence-corrected chi connectivity index (χ3v) is 5.00. The van der Waals surface area contributed by atoms with E-state index in [2.05, 4.69) is 15.1 Å². The van der Waals surface area contributed by atoms with E-state index in [0.717, 1.165) is 16.8 Å². The van der Waals surface area contributed by atoms with E-state index in [-0.39, 0.29) is 23.1 Å². The van der Waals surface area contributed by atoms with Gasteiger partial charge >= 0.3 is 5.69 Å². The number of benzene rings is 1. The number of carbonyl (C=O) groups excluding carboxylic acids is 1. The summed E-state index contributed by atoms with van der Waals surface area (Å²) in [5, 5.41) is 4.14. The first-order valence-corrected chi connectivity index (χ1v) is 9.25. The molecule has 9 nitrogen and oxygen atoms in total. The molecule has 0 aliphatic carbocycles. The number of H-pyrrole nitrogens is 1. The average molecular weight is 415 g/mol. The number of anilines is 2. The van der Waals surface area contributed by atoms with Crippen LogP contribution in [0.15, 0.2) is 35.4 Å². The SMILES string of the molecule is Cc1cn(-c2c(F)cccc2F)nc1C(=O)N1CCN(c2cnc(=O)[nH]c2N)CC1. The molecule has 0 spiro atoms. The number of hydrogen-bond acceptors (Lipinski definition) is 6. The van der Waals surface area contributed by atoms with Crippen LogP contribution in [0.4, 0.5) is 20.3 Å². The Morgan fingerprint density at radius 2 is 1.83 bits per heavy atom. The molecule has 4 rings (SSSR count). The van der Waals surface area contributed by atoms with Gasteiger partial charge in [0, 0.05) is 37.9 Å². The van der Waals surface area contributed by atoms with Crippen LogP contribution in [0.1, 0.15) is 16.1 Å². The molecule has 2 aromatic heterocycles. The minimum atomic E-state index is -0.766. The Labute approximate surface area is 169 Å². The van der Waals surface area contributed by atoms with E-state index >= 15 is 0 Å². The summed E-state index contributed by atoms with van der Waals surface area (Å²) in [4.78, 5) is 33.8. The first kappa shape index (κ1) is 19.6. The monoisotopic (exact) mass is 415 g/mol. The van der Waals surface area contributed by atoms with Crippen LogP contribution in [0.3, 0.4) is 0 Å². The van der Waals surface area contributed by atoms with Gasteiger partial charge in [0.1, 0.15) is 11.5 Å². The van der Waals surface area contributed by atoms with Crippen LogP contribution in [-0.4, -0.2) is 56.7 Å². The number of hydrogen-bond donors (Lipinski definition) is 2. The Hall–Kier alpha value is -3.76. The summed E-state index contributed by atoms with van der Waals surface area (Å²) in [6.07, 6.45) is 2.83. The maximum absolute atomic E-state index is 14.1. The summed E-state index contributed by atoms with van der Waals surface area (Å²) in [6.45, 7) is 3.39. The lowest BCUT2D eigenvalue weighted by atomic mass is 10.2. The van der Waals surface area contributed by atoms with E-state index in [1.807, 2.05) is 4.90 Å². The molecule has 1 aliphatic heterocycles. The molecule has 11 heteroatoms. The number of carbonyl (C=O) groups is 1. The Kier molecular flexibility index (Phi) is 4.94. The van der Waals surface area contributed by atoms with Crippen LogP contribution in [-0.2, 0) is 0 Å². The van der Waals surface area contributed by atoms with Crippen molar-refractivity contribution in [2.24, 2.45) is 0 Å². The number of aromatic nitrogens is 4. The molecule has 1 fully saturated rings. The maximum atomic E-state index is 14.1. The van der Waals surface area contributed by atoms with Gasteiger partial charge in [-0.3, -0.25) is 9.78 Å². The predicted molar refractivity (Wildman–Crippen MR) is 106 cm³/mol. The molecule has 0 radical (unpaired) electrons. The van der Waals surface area contributed by atoms with Gasteiger partial charge in [0.25, 0.3) is 5.91 Å². The molecule has 0 unspecified atom stereocenters. The Morgan fingerprint density at radius 3 is 2.47 bits per heavy atom. The lowest BCUT2D eigenvalue weighted by Crippen LogP contribution is -2.49. The summed E-state index contributed by atoms with van der Waals surface area (Å²) in [7, 11) is 0. The Balaban J connectivity index is 1.51. The lowest BCUT2D eigenvalue weighted by molar-refractivity contribution is 0.0739. The molecule has 1 aliphatic rings. The quantitative estimate of drug-likeness (QED) is 0.662. The van der Waals surface area contributed by atoms with Crippen LogP contribution < -0.4 is 16.3 Å². The second kappa shape index (κ2) is 7.58. The van der Waals surface area contributed by atoms with E-state index in [1.54, 1.807) is 11.8 Å². The molecule has 0 atom stereocenters. The van der Waals surface area contributed by atoms with Gasteiger partial charge in [-0.2, -0.15) is 10.1 Å². The third kappa shape index (κ3) is 3.49. The number of para-hydroxylation sites is 1. The van der Waals surface area contributed by atoms with Crippen LogP contribution in [0.5, 0.6) is 0 Å². The molecule has 30 heavy (non-hydrogen) atoms. The van der Waals surface area contributed by atoms with E-state index in [1.165, 1.54) is 18.5 Å². The summed E-state index contributed by atoms with van der Waals surface area (Å²) < 4.78 is 29.2. The van der Waals surface area contributed by atoms with Crippen molar-refractivity contribution in [3.63, 3.8) is 0 Å². The van der Waals surface area contributed by atoms with Crippen molar-refractivity contribution >= 4 is 17.4 Å². The molecule has 1 aromatic carbocycles. The van der Waals surface area contributed by atoms with Crippen molar-refractivity contribution < 1.29 is 13.6 Å². The largest absolute Gasteiger partial charge is 0.383 e. The van der Waals surface area contributed by atoms with Crippen LogP contribution in [0.2, 0.25) is 0 Å². The number of amides is 1. The van der Waals surface area contributed by atoms with Gasteiger partial charge in [-0.05, 0) is 19.1 Å². The van der Waals surface area contributed by atoms with E-state index in [0.29, 0.717) is 37.4 Å². The van der Waals surface area contributed by atoms with E-state index < -0.39 is 17.3 Å². The number of rotatable bonds is 3. The molecule has 3 N–H and O–H groups in total. The first-order chi connectivity index (χ1) is 14.3. The second-order valence-corrected chi connectivity index (χ2v) is 6.94. The zero-order chi connectivity index (χ0) is 21.4. The summed E-state index contributed by atoms with van der Waals surface area (Å²) in [5.41, 5.74) is 6.24. The molecule has 0 bridgehead atoms. The van der Waals surface area contributed by atoms with Gasteiger partial charge in [-0.1, -0.05) is 6.07 Å². The van der Waals surface area contributed by atoms with Crippen molar-refractivity contribution in [2.75, 3.05) is 36.8 Å². The predicted octanol–water partition coefficient (Wildman–Crippen LogP) is 1.09. The number of halogens is 2. The Morgan fingerprint density at radius 1 is 1.17 bits per heavy atom. The van der Waals surface area contributed by atoms with Crippen molar-refractivity contribution in [1.29, 1.82) is 0 Å². The van der Waals surface area contributed by atoms with Crippen molar-refractivity contribution in [3.05, 3.63) is 64.0 Å². The van der Waals surface area contributed by atoms with Gasteiger partial charge in [-0.25, -0.2) is 18.3 Å². The van der Waals surface area contributed by atoms with Crippen LogP contribution in [0.25, 0.3) is 5.69 Å². The number of nitrogens with two attached hydrogens (primary N) is 1. The van der Waals surface area contributed by atoms with Gasteiger partial charge in [0.15, 0.2) is 17.3 Å². The molecule has 156 valence electrons. The number of aryl methyl sites for hydroxylation is 1. The van der Waals surface area contributed by atoms with Crippen LogP contribution in [0, 0.1) is 18.6 Å². The van der Waals surface area contributed by atoms with Gasteiger partial charge in [0.2, 0.25) is 0 Å². The fourth-order valence-corrected chi connectivity index (χ4v) is 3.45. The third-order valence-electron chi connectivity index (χ3n) is 5.00. The summed E-state index contributed by atoms with van der Waals surface area (Å²) in [6, 6.07) is 3.53. The molecular weight excluding hydrogens is 396 g/mol. The normalized spacial score (nSPS) is 14.2.